The van der Waals surface area contributed by atoms with Crippen LogP contribution < -0.4 is 0 Å². The van der Waals surface area contributed by atoms with Gasteiger partial charge in [0.2, 0.25) is 0 Å². The van der Waals surface area contributed by atoms with Crippen molar-refractivity contribution in [1.82, 2.24) is 0 Å². The molecule has 0 radical (unpaired) electrons. The second-order valence-electron chi connectivity index (χ2n) is 4.52. The standard InChI is InChI=1S/C12H24O/c1-4-6-11(7-5-2)12-9-13-8-10(12)3/h10-12H,4-9H2,1-3H3. The summed E-state index contributed by atoms with van der Waals surface area (Å²) in [6, 6.07) is 0. The molecule has 13 heavy (non-hydrogen) atoms. The highest BCUT2D eigenvalue weighted by Crippen LogP contribution is 2.33. The van der Waals surface area contributed by atoms with Crippen LogP contribution in [0.5, 0.6) is 0 Å². The molecule has 0 bridgehead atoms. The fourth-order valence-electron chi connectivity index (χ4n) is 2.59. The second kappa shape index (κ2) is 5.64. The minimum atomic E-state index is 0.795. The zero-order valence-corrected chi connectivity index (χ0v) is 9.38. The molecule has 0 N–H and O–H groups in total. The van der Waals surface area contributed by atoms with Gasteiger partial charge in [0.15, 0.2) is 0 Å². The first-order chi connectivity index (χ1) is 6.29. The SMILES string of the molecule is CCCC(CCC)C1COCC1C. The van der Waals surface area contributed by atoms with E-state index in [1.807, 2.05) is 0 Å². The Bertz CT molecular complexity index is 127. The summed E-state index contributed by atoms with van der Waals surface area (Å²) in [5.41, 5.74) is 0. The van der Waals surface area contributed by atoms with Crippen molar-refractivity contribution in [3.8, 4) is 0 Å². The van der Waals surface area contributed by atoms with Crippen LogP contribution in [0.1, 0.15) is 46.5 Å². The summed E-state index contributed by atoms with van der Waals surface area (Å²) in [6.07, 6.45) is 5.44. The van der Waals surface area contributed by atoms with E-state index < -0.39 is 0 Å². The molecule has 1 nitrogen and oxygen atoms in total. The third-order valence-corrected chi connectivity index (χ3v) is 3.35. The third kappa shape index (κ3) is 2.98. The molecule has 1 saturated heterocycles. The average molecular weight is 184 g/mol. The van der Waals surface area contributed by atoms with Crippen LogP contribution >= 0.6 is 0 Å². The van der Waals surface area contributed by atoms with E-state index in [1.54, 1.807) is 0 Å². The summed E-state index contributed by atoms with van der Waals surface area (Å²) in [7, 11) is 0. The van der Waals surface area contributed by atoms with Gasteiger partial charge in [-0.3, -0.25) is 0 Å². The highest BCUT2D eigenvalue weighted by Gasteiger charge is 2.30. The van der Waals surface area contributed by atoms with Gasteiger partial charge in [0, 0.05) is 13.2 Å². The predicted molar refractivity (Wildman–Crippen MR) is 56.8 cm³/mol. The molecule has 0 aliphatic carbocycles. The number of hydrogen-bond donors (Lipinski definition) is 0. The Kier molecular flexibility index (Phi) is 4.79. The van der Waals surface area contributed by atoms with Gasteiger partial charge in [0.1, 0.15) is 0 Å². The Morgan fingerprint density at radius 3 is 2.15 bits per heavy atom. The highest BCUT2D eigenvalue weighted by molar-refractivity contribution is 4.78. The Balaban J connectivity index is 2.42. The maximum atomic E-state index is 5.54. The molecule has 1 aliphatic rings. The van der Waals surface area contributed by atoms with Crippen molar-refractivity contribution < 1.29 is 4.74 Å². The second-order valence-corrected chi connectivity index (χ2v) is 4.52. The summed E-state index contributed by atoms with van der Waals surface area (Å²) < 4.78 is 5.54. The highest BCUT2D eigenvalue weighted by atomic mass is 16.5. The first-order valence-corrected chi connectivity index (χ1v) is 5.87. The maximum absolute atomic E-state index is 5.54. The molecule has 0 saturated carbocycles. The molecule has 0 aromatic heterocycles. The summed E-state index contributed by atoms with van der Waals surface area (Å²) in [5.74, 6) is 2.57. The molecule has 0 aromatic carbocycles. The first-order valence-electron chi connectivity index (χ1n) is 5.87. The minimum Gasteiger partial charge on any atom is -0.381 e. The molecule has 1 fully saturated rings. The van der Waals surface area contributed by atoms with Gasteiger partial charge in [0.25, 0.3) is 0 Å². The predicted octanol–water partition coefficient (Wildman–Crippen LogP) is 3.49. The third-order valence-electron chi connectivity index (χ3n) is 3.35. The van der Waals surface area contributed by atoms with Crippen LogP contribution in [0.4, 0.5) is 0 Å². The Morgan fingerprint density at radius 2 is 1.77 bits per heavy atom. The lowest BCUT2D eigenvalue weighted by Crippen LogP contribution is -2.20. The molecule has 2 atom stereocenters. The lowest BCUT2D eigenvalue weighted by molar-refractivity contribution is 0.166. The van der Waals surface area contributed by atoms with Crippen molar-refractivity contribution in [2.45, 2.75) is 46.5 Å². The summed E-state index contributed by atoms with van der Waals surface area (Å²) in [5, 5.41) is 0. The summed E-state index contributed by atoms with van der Waals surface area (Å²) in [4.78, 5) is 0. The van der Waals surface area contributed by atoms with E-state index in [-0.39, 0.29) is 0 Å². The van der Waals surface area contributed by atoms with Crippen LogP contribution in [0.15, 0.2) is 0 Å². The number of ether oxygens (including phenoxy) is 1. The molecule has 2 unspecified atom stereocenters. The van der Waals surface area contributed by atoms with Gasteiger partial charge in [-0.1, -0.05) is 46.5 Å². The van der Waals surface area contributed by atoms with E-state index in [2.05, 4.69) is 20.8 Å². The maximum Gasteiger partial charge on any atom is 0.0500 e. The van der Waals surface area contributed by atoms with Gasteiger partial charge in [-0.2, -0.15) is 0 Å². The number of rotatable bonds is 5. The fraction of sp³-hybridized carbons (Fsp3) is 1.00. The Morgan fingerprint density at radius 1 is 1.15 bits per heavy atom. The molecular weight excluding hydrogens is 160 g/mol. The van der Waals surface area contributed by atoms with Crippen LogP contribution in [0.2, 0.25) is 0 Å². The van der Waals surface area contributed by atoms with Gasteiger partial charge >= 0.3 is 0 Å². The minimum absolute atomic E-state index is 0.795. The van der Waals surface area contributed by atoms with Gasteiger partial charge in [-0.25, -0.2) is 0 Å². The normalized spacial score (nSPS) is 28.6. The molecule has 1 heteroatoms. The molecule has 78 valence electrons. The number of hydrogen-bond acceptors (Lipinski definition) is 1. The monoisotopic (exact) mass is 184 g/mol. The van der Waals surface area contributed by atoms with E-state index in [1.165, 1.54) is 25.7 Å². The first kappa shape index (κ1) is 11.0. The smallest absolute Gasteiger partial charge is 0.0500 e. The van der Waals surface area contributed by atoms with Crippen molar-refractivity contribution in [2.75, 3.05) is 13.2 Å². The molecule has 1 rings (SSSR count). The summed E-state index contributed by atoms with van der Waals surface area (Å²) >= 11 is 0. The molecule has 0 aromatic rings. The molecule has 0 amide bonds. The average Bonchev–Trinajstić information content (AvgIpc) is 2.51. The lowest BCUT2D eigenvalue weighted by Gasteiger charge is -2.24. The lowest BCUT2D eigenvalue weighted by atomic mass is 9.80. The van der Waals surface area contributed by atoms with Gasteiger partial charge in [-0.05, 0) is 17.8 Å². The molecule has 0 spiro atoms. The summed E-state index contributed by atoms with van der Waals surface area (Å²) in [6.45, 7) is 8.95. The molecule has 1 aliphatic heterocycles. The van der Waals surface area contributed by atoms with E-state index in [9.17, 15) is 0 Å². The van der Waals surface area contributed by atoms with Crippen molar-refractivity contribution in [3.63, 3.8) is 0 Å². The van der Waals surface area contributed by atoms with Gasteiger partial charge in [-0.15, -0.1) is 0 Å². The van der Waals surface area contributed by atoms with Crippen molar-refractivity contribution in [3.05, 3.63) is 0 Å². The van der Waals surface area contributed by atoms with Gasteiger partial charge < -0.3 is 4.74 Å². The zero-order chi connectivity index (χ0) is 9.68. The van der Waals surface area contributed by atoms with Crippen molar-refractivity contribution in [2.24, 2.45) is 17.8 Å². The van der Waals surface area contributed by atoms with Crippen LogP contribution in [-0.4, -0.2) is 13.2 Å². The van der Waals surface area contributed by atoms with Crippen LogP contribution in [0.25, 0.3) is 0 Å². The van der Waals surface area contributed by atoms with E-state index in [0.29, 0.717) is 0 Å². The van der Waals surface area contributed by atoms with Crippen molar-refractivity contribution in [1.29, 1.82) is 0 Å². The van der Waals surface area contributed by atoms with Crippen LogP contribution in [0, 0.1) is 17.8 Å². The fourth-order valence-corrected chi connectivity index (χ4v) is 2.59. The Labute approximate surface area is 82.9 Å². The van der Waals surface area contributed by atoms with Gasteiger partial charge in [0.05, 0.1) is 0 Å². The van der Waals surface area contributed by atoms with E-state index in [4.69, 9.17) is 4.74 Å². The van der Waals surface area contributed by atoms with Crippen LogP contribution in [0.3, 0.4) is 0 Å². The largest absolute Gasteiger partial charge is 0.381 e. The van der Waals surface area contributed by atoms with Crippen molar-refractivity contribution >= 4 is 0 Å². The van der Waals surface area contributed by atoms with E-state index >= 15 is 0 Å². The van der Waals surface area contributed by atoms with E-state index in [0.717, 1.165) is 31.0 Å². The quantitative estimate of drug-likeness (QED) is 0.635. The zero-order valence-electron chi connectivity index (χ0n) is 9.38. The molecule has 1 heterocycles. The Hall–Kier alpha value is -0.0400. The topological polar surface area (TPSA) is 9.23 Å². The molecular formula is C12H24O. The van der Waals surface area contributed by atoms with Crippen LogP contribution in [-0.2, 0) is 4.74 Å².